The molecule has 0 aliphatic heterocycles. The van der Waals surface area contributed by atoms with Crippen LogP contribution >= 0.6 is 11.6 Å². The first kappa shape index (κ1) is 11.3. The molecule has 16 heavy (non-hydrogen) atoms. The Morgan fingerprint density at radius 1 is 1.56 bits per heavy atom. The zero-order valence-corrected chi connectivity index (χ0v) is 9.04. The van der Waals surface area contributed by atoms with Crippen molar-refractivity contribution in [2.45, 2.75) is 12.5 Å². The average molecular weight is 245 g/mol. The molecule has 0 fully saturated rings. The predicted octanol–water partition coefficient (Wildman–Crippen LogP) is 2.00. The topological polar surface area (TPSA) is 72.3 Å². The van der Waals surface area contributed by atoms with Crippen molar-refractivity contribution >= 4 is 22.7 Å². The second-order valence-corrected chi connectivity index (χ2v) is 3.79. The van der Waals surface area contributed by atoms with E-state index < -0.39 is 11.9 Å². The molecule has 0 amide bonds. The van der Waals surface area contributed by atoms with Crippen LogP contribution in [0.3, 0.4) is 0 Å². The van der Waals surface area contributed by atoms with Crippen molar-refractivity contribution in [1.29, 1.82) is 0 Å². The van der Waals surface area contributed by atoms with E-state index in [2.05, 4.69) is 4.98 Å². The summed E-state index contributed by atoms with van der Waals surface area (Å²) in [5.74, 6) is -0.390. The number of aliphatic hydroxyl groups is 1. The summed E-state index contributed by atoms with van der Waals surface area (Å²) in [5.41, 5.74) is 5.86. The summed E-state index contributed by atoms with van der Waals surface area (Å²) >= 11 is 5.78. The standard InChI is InChI=1S/C10H10ClFN2O2/c11-6-3-5(12)4-7-9(6)16-10(14-7)8(15)1-2-13/h3-4,8,15H,1-2,13H2. The molecule has 0 radical (unpaired) electrons. The van der Waals surface area contributed by atoms with Crippen molar-refractivity contribution in [2.75, 3.05) is 6.54 Å². The molecule has 4 nitrogen and oxygen atoms in total. The van der Waals surface area contributed by atoms with Crippen LogP contribution in [0, 0.1) is 5.82 Å². The van der Waals surface area contributed by atoms with Crippen LogP contribution in [0.1, 0.15) is 18.4 Å². The van der Waals surface area contributed by atoms with Crippen LogP contribution in [0.5, 0.6) is 0 Å². The first-order chi connectivity index (χ1) is 7.61. The highest BCUT2D eigenvalue weighted by atomic mass is 35.5. The van der Waals surface area contributed by atoms with Gasteiger partial charge in [0.15, 0.2) is 5.58 Å². The van der Waals surface area contributed by atoms with Gasteiger partial charge in [0.2, 0.25) is 5.89 Å². The maximum absolute atomic E-state index is 13.0. The molecule has 1 aromatic carbocycles. The Balaban J connectivity index is 2.47. The molecule has 2 aromatic rings. The van der Waals surface area contributed by atoms with Gasteiger partial charge in [0.25, 0.3) is 0 Å². The van der Waals surface area contributed by atoms with Gasteiger partial charge in [0.1, 0.15) is 17.4 Å². The Kier molecular flexibility index (Phi) is 3.09. The molecular weight excluding hydrogens is 235 g/mol. The van der Waals surface area contributed by atoms with Crippen LogP contribution in [0.15, 0.2) is 16.5 Å². The number of oxazole rings is 1. The molecule has 2 rings (SSSR count). The summed E-state index contributed by atoms with van der Waals surface area (Å²) in [6.07, 6.45) is -0.566. The lowest BCUT2D eigenvalue weighted by molar-refractivity contribution is 0.139. The summed E-state index contributed by atoms with van der Waals surface area (Å²) in [6.45, 7) is 0.308. The SMILES string of the molecule is NCCC(O)c1nc2cc(F)cc(Cl)c2o1. The zero-order chi connectivity index (χ0) is 11.7. The number of nitrogens with zero attached hydrogens (tertiary/aromatic N) is 1. The van der Waals surface area contributed by atoms with Gasteiger partial charge in [0.05, 0.1) is 5.02 Å². The molecule has 0 bridgehead atoms. The maximum atomic E-state index is 13.0. The van der Waals surface area contributed by atoms with Gasteiger partial charge in [-0.2, -0.15) is 0 Å². The zero-order valence-electron chi connectivity index (χ0n) is 8.28. The van der Waals surface area contributed by atoms with E-state index in [-0.39, 0.29) is 22.0 Å². The van der Waals surface area contributed by atoms with Crippen molar-refractivity contribution in [3.8, 4) is 0 Å². The van der Waals surface area contributed by atoms with Gasteiger partial charge in [-0.1, -0.05) is 11.6 Å². The largest absolute Gasteiger partial charge is 0.436 e. The highest BCUT2D eigenvalue weighted by molar-refractivity contribution is 6.34. The lowest BCUT2D eigenvalue weighted by atomic mass is 10.2. The van der Waals surface area contributed by atoms with Gasteiger partial charge in [-0.25, -0.2) is 9.37 Å². The third-order valence-corrected chi connectivity index (χ3v) is 2.43. The minimum atomic E-state index is -0.892. The third kappa shape index (κ3) is 2.02. The van der Waals surface area contributed by atoms with Crippen LogP contribution in [0.25, 0.3) is 11.1 Å². The lowest BCUT2D eigenvalue weighted by Crippen LogP contribution is -2.06. The molecular formula is C10H10ClFN2O2. The van der Waals surface area contributed by atoms with Crippen LogP contribution in [0.4, 0.5) is 4.39 Å². The van der Waals surface area contributed by atoms with E-state index in [9.17, 15) is 9.50 Å². The van der Waals surface area contributed by atoms with Crippen molar-refractivity contribution in [3.63, 3.8) is 0 Å². The minimum absolute atomic E-state index is 0.105. The van der Waals surface area contributed by atoms with Gasteiger partial charge in [-0.05, 0) is 19.0 Å². The van der Waals surface area contributed by atoms with Crippen LogP contribution in [-0.4, -0.2) is 16.6 Å². The van der Waals surface area contributed by atoms with Crippen LogP contribution in [0.2, 0.25) is 5.02 Å². The number of fused-ring (bicyclic) bond motifs is 1. The highest BCUT2D eigenvalue weighted by Gasteiger charge is 2.16. The first-order valence-corrected chi connectivity index (χ1v) is 5.13. The van der Waals surface area contributed by atoms with Gasteiger partial charge in [-0.3, -0.25) is 0 Å². The number of nitrogens with two attached hydrogens (primary N) is 1. The smallest absolute Gasteiger partial charge is 0.224 e. The molecule has 1 heterocycles. The van der Waals surface area contributed by atoms with E-state index in [0.717, 1.165) is 6.07 Å². The second kappa shape index (κ2) is 4.37. The molecule has 3 N–H and O–H groups in total. The number of aliphatic hydroxyl groups excluding tert-OH is 1. The monoisotopic (exact) mass is 244 g/mol. The fraction of sp³-hybridized carbons (Fsp3) is 0.300. The van der Waals surface area contributed by atoms with Crippen LogP contribution < -0.4 is 5.73 Å². The van der Waals surface area contributed by atoms with Gasteiger partial charge in [-0.15, -0.1) is 0 Å². The molecule has 0 saturated heterocycles. The van der Waals surface area contributed by atoms with E-state index >= 15 is 0 Å². The molecule has 6 heteroatoms. The Morgan fingerprint density at radius 2 is 2.31 bits per heavy atom. The van der Waals surface area contributed by atoms with Gasteiger partial charge >= 0.3 is 0 Å². The molecule has 0 saturated carbocycles. The van der Waals surface area contributed by atoms with E-state index in [0.29, 0.717) is 13.0 Å². The molecule has 1 aromatic heterocycles. The number of benzene rings is 1. The molecule has 1 atom stereocenters. The summed E-state index contributed by atoms with van der Waals surface area (Å²) in [6, 6.07) is 2.33. The summed E-state index contributed by atoms with van der Waals surface area (Å²) in [5, 5.41) is 9.74. The Labute approximate surface area is 95.8 Å². The van der Waals surface area contributed by atoms with E-state index in [1.54, 1.807) is 0 Å². The highest BCUT2D eigenvalue weighted by Crippen LogP contribution is 2.28. The Hall–Kier alpha value is -1.17. The van der Waals surface area contributed by atoms with Gasteiger partial charge < -0.3 is 15.3 Å². The summed E-state index contributed by atoms with van der Waals surface area (Å²) in [7, 11) is 0. The van der Waals surface area contributed by atoms with E-state index in [1.165, 1.54) is 6.07 Å². The molecule has 0 spiro atoms. The first-order valence-electron chi connectivity index (χ1n) is 4.75. The molecule has 86 valence electrons. The van der Waals surface area contributed by atoms with E-state index in [4.69, 9.17) is 21.8 Å². The minimum Gasteiger partial charge on any atom is -0.436 e. The Bertz CT molecular complexity index is 515. The van der Waals surface area contributed by atoms with Gasteiger partial charge in [0, 0.05) is 6.07 Å². The Morgan fingerprint density at radius 3 is 3.00 bits per heavy atom. The number of rotatable bonds is 3. The molecule has 1 unspecified atom stereocenters. The predicted molar refractivity (Wildman–Crippen MR) is 57.6 cm³/mol. The van der Waals surface area contributed by atoms with Crippen molar-refractivity contribution < 1.29 is 13.9 Å². The number of hydrogen-bond donors (Lipinski definition) is 2. The normalized spacial score (nSPS) is 13.2. The number of aromatic nitrogens is 1. The maximum Gasteiger partial charge on any atom is 0.224 e. The number of halogens is 2. The summed E-state index contributed by atoms with van der Waals surface area (Å²) < 4.78 is 18.3. The molecule has 0 aliphatic carbocycles. The van der Waals surface area contributed by atoms with Crippen molar-refractivity contribution in [2.24, 2.45) is 5.73 Å². The lowest BCUT2D eigenvalue weighted by Gasteiger charge is -2.02. The average Bonchev–Trinajstić information content (AvgIpc) is 2.62. The number of hydrogen-bond acceptors (Lipinski definition) is 4. The van der Waals surface area contributed by atoms with Crippen molar-refractivity contribution in [3.05, 3.63) is 28.9 Å². The fourth-order valence-electron chi connectivity index (χ4n) is 1.40. The second-order valence-electron chi connectivity index (χ2n) is 3.38. The fourth-order valence-corrected chi connectivity index (χ4v) is 1.64. The van der Waals surface area contributed by atoms with E-state index in [1.807, 2.05) is 0 Å². The van der Waals surface area contributed by atoms with Crippen LogP contribution in [-0.2, 0) is 0 Å². The third-order valence-electron chi connectivity index (χ3n) is 2.15. The summed E-state index contributed by atoms with van der Waals surface area (Å²) in [4.78, 5) is 3.96. The van der Waals surface area contributed by atoms with Crippen molar-refractivity contribution in [1.82, 2.24) is 4.98 Å². The quantitative estimate of drug-likeness (QED) is 0.866. The molecule has 0 aliphatic rings.